The van der Waals surface area contributed by atoms with Gasteiger partial charge in [-0.2, -0.15) is 12.8 Å². The Labute approximate surface area is 127 Å². The van der Waals surface area contributed by atoms with Crippen LogP contribution in [0.1, 0.15) is 11.1 Å². The highest BCUT2D eigenvalue weighted by Gasteiger charge is 2.41. The number of rotatable bonds is 2. The maximum absolute atomic E-state index is 12.3. The minimum Gasteiger partial charge on any atom is -0.505 e. The van der Waals surface area contributed by atoms with E-state index in [9.17, 15) is 18.3 Å². The molecule has 0 spiro atoms. The van der Waals surface area contributed by atoms with E-state index in [2.05, 4.69) is 11.0 Å². The number of nitrogens with two attached hydrogens (primary N) is 1. The van der Waals surface area contributed by atoms with Gasteiger partial charge in [-0.25, -0.2) is 0 Å². The van der Waals surface area contributed by atoms with E-state index < -0.39 is 15.9 Å². The van der Waals surface area contributed by atoms with E-state index in [0.29, 0.717) is 5.56 Å². The Balaban J connectivity index is 2.30. The van der Waals surface area contributed by atoms with Gasteiger partial charge in [-0.3, -0.25) is 4.79 Å². The standard InChI is InChI=1S/C14H13N3O4S/c1-7-12(18)10(14(19)17(7)2)11-9-5-3-4-8(6-15)13(9)22(20,21)16-11/h3-5,18H,1,6,15H2,2H3. The molecule has 2 aliphatic heterocycles. The van der Waals surface area contributed by atoms with Crippen LogP contribution in [0.15, 0.2) is 51.1 Å². The Morgan fingerprint density at radius 1 is 1.41 bits per heavy atom. The van der Waals surface area contributed by atoms with Crippen LogP contribution < -0.4 is 5.73 Å². The Morgan fingerprint density at radius 3 is 2.64 bits per heavy atom. The average molecular weight is 319 g/mol. The van der Waals surface area contributed by atoms with Crippen molar-refractivity contribution in [2.24, 2.45) is 10.1 Å². The molecular weight excluding hydrogens is 306 g/mol. The van der Waals surface area contributed by atoms with Crippen LogP contribution in [0.25, 0.3) is 0 Å². The van der Waals surface area contributed by atoms with Gasteiger partial charge in [-0.05, 0) is 5.56 Å². The topological polar surface area (TPSA) is 113 Å². The van der Waals surface area contributed by atoms with Crippen LogP contribution in [0.2, 0.25) is 0 Å². The van der Waals surface area contributed by atoms with E-state index in [1.54, 1.807) is 12.1 Å². The summed E-state index contributed by atoms with van der Waals surface area (Å²) in [6.07, 6.45) is 0. The van der Waals surface area contributed by atoms with E-state index in [1.807, 2.05) is 0 Å². The number of aliphatic hydroxyl groups is 1. The Hall–Kier alpha value is -2.45. The molecule has 1 aromatic carbocycles. The maximum atomic E-state index is 12.3. The number of amides is 1. The van der Waals surface area contributed by atoms with Crippen molar-refractivity contribution in [2.45, 2.75) is 11.4 Å². The largest absolute Gasteiger partial charge is 0.505 e. The van der Waals surface area contributed by atoms with Crippen LogP contribution in [0.5, 0.6) is 0 Å². The van der Waals surface area contributed by atoms with E-state index >= 15 is 0 Å². The minimum absolute atomic E-state index is 0.0132. The molecule has 0 saturated heterocycles. The molecule has 3 N–H and O–H groups in total. The molecule has 8 heteroatoms. The highest BCUT2D eigenvalue weighted by atomic mass is 32.2. The van der Waals surface area contributed by atoms with Gasteiger partial charge < -0.3 is 15.7 Å². The molecule has 0 aliphatic carbocycles. The summed E-state index contributed by atoms with van der Waals surface area (Å²) in [4.78, 5) is 13.4. The predicted molar refractivity (Wildman–Crippen MR) is 79.6 cm³/mol. The van der Waals surface area contributed by atoms with Crippen molar-refractivity contribution in [1.82, 2.24) is 4.90 Å². The lowest BCUT2D eigenvalue weighted by Gasteiger charge is -2.09. The molecule has 3 rings (SSSR count). The van der Waals surface area contributed by atoms with Gasteiger partial charge in [0, 0.05) is 19.2 Å². The van der Waals surface area contributed by atoms with E-state index in [-0.39, 0.29) is 39.7 Å². The van der Waals surface area contributed by atoms with Gasteiger partial charge in [-0.1, -0.05) is 24.8 Å². The molecule has 2 aliphatic rings. The zero-order valence-electron chi connectivity index (χ0n) is 11.7. The van der Waals surface area contributed by atoms with Crippen molar-refractivity contribution in [3.8, 4) is 0 Å². The number of carbonyl (C=O) groups excluding carboxylic acids is 1. The normalized spacial score (nSPS) is 19.7. The van der Waals surface area contributed by atoms with E-state index in [1.165, 1.54) is 13.1 Å². The fourth-order valence-electron chi connectivity index (χ4n) is 2.54. The van der Waals surface area contributed by atoms with E-state index in [4.69, 9.17) is 5.73 Å². The molecule has 22 heavy (non-hydrogen) atoms. The molecule has 1 aromatic rings. The van der Waals surface area contributed by atoms with Gasteiger partial charge in [0.15, 0.2) is 5.76 Å². The number of benzene rings is 1. The lowest BCUT2D eigenvalue weighted by molar-refractivity contribution is -0.122. The highest BCUT2D eigenvalue weighted by Crippen LogP contribution is 2.36. The summed E-state index contributed by atoms with van der Waals surface area (Å²) in [6, 6.07) is 4.75. The zero-order valence-corrected chi connectivity index (χ0v) is 12.5. The van der Waals surface area contributed by atoms with Gasteiger partial charge in [0.05, 0.1) is 5.70 Å². The molecule has 0 unspecified atom stereocenters. The number of carbonyl (C=O) groups is 1. The molecule has 1 amide bonds. The lowest BCUT2D eigenvalue weighted by atomic mass is 10.00. The van der Waals surface area contributed by atoms with Gasteiger partial charge in [0.25, 0.3) is 15.9 Å². The van der Waals surface area contributed by atoms with Crippen LogP contribution in [0, 0.1) is 0 Å². The lowest BCUT2D eigenvalue weighted by Crippen LogP contribution is -2.23. The number of likely N-dealkylation sites (N-methyl/N-ethyl adjacent to an activating group) is 1. The summed E-state index contributed by atoms with van der Waals surface area (Å²) >= 11 is 0. The third-order valence-corrected chi connectivity index (χ3v) is 5.13. The summed E-state index contributed by atoms with van der Waals surface area (Å²) < 4.78 is 28.2. The SMILES string of the molecule is C=C1C(O)=C(C2=NS(=O)(=O)c3c(CN)cccc32)C(=O)N1C. The molecule has 7 nitrogen and oxygen atoms in total. The molecule has 0 radical (unpaired) electrons. The van der Waals surface area contributed by atoms with Gasteiger partial charge in [0.2, 0.25) is 0 Å². The molecule has 0 fully saturated rings. The Bertz CT molecular complexity index is 897. The van der Waals surface area contributed by atoms with Crippen molar-refractivity contribution in [3.05, 3.63) is 52.9 Å². The first-order chi connectivity index (χ1) is 10.3. The molecule has 2 heterocycles. The monoisotopic (exact) mass is 319 g/mol. The van der Waals surface area contributed by atoms with Gasteiger partial charge in [0.1, 0.15) is 16.2 Å². The summed E-state index contributed by atoms with van der Waals surface area (Å²) in [5.41, 5.74) is 6.12. The van der Waals surface area contributed by atoms with Gasteiger partial charge >= 0.3 is 0 Å². The second-order valence-corrected chi connectivity index (χ2v) is 6.49. The quantitative estimate of drug-likeness (QED) is 0.821. The third-order valence-electron chi connectivity index (χ3n) is 3.71. The number of hydrogen-bond donors (Lipinski definition) is 2. The maximum Gasteiger partial charge on any atom is 0.283 e. The van der Waals surface area contributed by atoms with Crippen LogP contribution in [0.3, 0.4) is 0 Å². The minimum atomic E-state index is -3.95. The summed E-state index contributed by atoms with van der Waals surface area (Å²) in [5, 5.41) is 10.1. The Kier molecular flexibility index (Phi) is 2.98. The van der Waals surface area contributed by atoms with Crippen molar-refractivity contribution in [1.29, 1.82) is 0 Å². The molecule has 0 aromatic heterocycles. The van der Waals surface area contributed by atoms with Crippen molar-refractivity contribution >= 4 is 21.6 Å². The van der Waals surface area contributed by atoms with E-state index in [0.717, 1.165) is 4.90 Å². The number of nitrogens with zero attached hydrogens (tertiary/aromatic N) is 2. The van der Waals surface area contributed by atoms with Gasteiger partial charge in [-0.15, -0.1) is 0 Å². The fraction of sp³-hybridized carbons (Fsp3) is 0.143. The molecule has 114 valence electrons. The Morgan fingerprint density at radius 2 is 2.09 bits per heavy atom. The van der Waals surface area contributed by atoms with Crippen LogP contribution in [0.4, 0.5) is 0 Å². The molecule has 0 bridgehead atoms. The highest BCUT2D eigenvalue weighted by molar-refractivity contribution is 7.90. The van der Waals surface area contributed by atoms with Crippen LogP contribution in [-0.4, -0.2) is 37.1 Å². The molecule has 0 atom stereocenters. The smallest absolute Gasteiger partial charge is 0.283 e. The number of fused-ring (bicyclic) bond motifs is 1. The zero-order chi connectivity index (χ0) is 16.2. The first-order valence-electron chi connectivity index (χ1n) is 6.38. The van der Waals surface area contributed by atoms with Crippen molar-refractivity contribution in [3.63, 3.8) is 0 Å². The molecule has 0 saturated carbocycles. The first kappa shape index (κ1) is 14.5. The first-order valence-corrected chi connectivity index (χ1v) is 7.82. The number of hydrogen-bond acceptors (Lipinski definition) is 5. The van der Waals surface area contributed by atoms with Crippen LogP contribution in [-0.2, 0) is 21.4 Å². The third kappa shape index (κ3) is 1.74. The second-order valence-electron chi connectivity index (χ2n) is 4.95. The summed E-state index contributed by atoms with van der Waals surface area (Å²) in [6.45, 7) is 3.61. The van der Waals surface area contributed by atoms with Crippen LogP contribution >= 0.6 is 0 Å². The average Bonchev–Trinajstić information content (AvgIpc) is 2.86. The summed E-state index contributed by atoms with van der Waals surface area (Å²) in [7, 11) is -2.51. The molecular formula is C14H13N3O4S. The number of sulfonamides is 1. The number of aliphatic hydroxyl groups excluding tert-OH is 1. The van der Waals surface area contributed by atoms with Crippen molar-refractivity contribution in [2.75, 3.05) is 7.05 Å². The van der Waals surface area contributed by atoms with Crippen molar-refractivity contribution < 1.29 is 18.3 Å². The predicted octanol–water partition coefficient (Wildman–Crippen LogP) is 0.435. The summed E-state index contributed by atoms with van der Waals surface area (Å²) in [5.74, 6) is -0.921. The fourth-order valence-corrected chi connectivity index (χ4v) is 3.99. The second kappa shape index (κ2) is 4.52.